The van der Waals surface area contributed by atoms with E-state index in [1.54, 1.807) is 25.1 Å². The van der Waals surface area contributed by atoms with Crippen LogP contribution in [-0.4, -0.2) is 34.6 Å². The molecule has 0 bridgehead atoms. The van der Waals surface area contributed by atoms with Crippen molar-refractivity contribution in [3.8, 4) is 0 Å². The third-order valence-corrected chi connectivity index (χ3v) is 3.24. The van der Waals surface area contributed by atoms with E-state index in [9.17, 15) is 14.4 Å². The molecular weight excluding hydrogens is 298 g/mol. The summed E-state index contributed by atoms with van der Waals surface area (Å²) in [5.74, 6) is -0.564. The van der Waals surface area contributed by atoms with Crippen molar-refractivity contribution < 1.29 is 14.3 Å². The lowest BCUT2D eigenvalue weighted by molar-refractivity contribution is -0.143. The standard InChI is InChI=1S/C16H19N3O4/c1-2-23-16(22)8-5-9-17-14(20)11-19-13-7-4-3-6-12(13)18-10-15(19)21/h3-4,6-7,10H,2,5,8-9,11H2,1H3,(H,17,20). The molecule has 0 saturated heterocycles. The molecule has 122 valence electrons. The second-order valence-electron chi connectivity index (χ2n) is 4.93. The number of nitrogens with zero attached hydrogens (tertiary/aromatic N) is 2. The number of ether oxygens (including phenoxy) is 1. The lowest BCUT2D eigenvalue weighted by atomic mass is 10.3. The molecular formula is C16H19N3O4. The number of hydrogen-bond acceptors (Lipinski definition) is 5. The topological polar surface area (TPSA) is 90.3 Å². The molecule has 0 aliphatic carbocycles. The van der Waals surface area contributed by atoms with E-state index in [-0.39, 0.29) is 30.4 Å². The summed E-state index contributed by atoms with van der Waals surface area (Å²) in [6.07, 6.45) is 1.96. The minimum atomic E-state index is -0.328. The van der Waals surface area contributed by atoms with Gasteiger partial charge in [-0.05, 0) is 25.5 Å². The van der Waals surface area contributed by atoms with Gasteiger partial charge in [-0.1, -0.05) is 12.1 Å². The Morgan fingerprint density at radius 2 is 2.09 bits per heavy atom. The summed E-state index contributed by atoms with van der Waals surface area (Å²) in [7, 11) is 0. The van der Waals surface area contributed by atoms with Crippen molar-refractivity contribution >= 4 is 22.9 Å². The SMILES string of the molecule is CCOC(=O)CCCNC(=O)Cn1c(=O)cnc2ccccc21. The molecule has 1 aromatic heterocycles. The van der Waals surface area contributed by atoms with Crippen LogP contribution in [0.3, 0.4) is 0 Å². The molecule has 0 aliphatic heterocycles. The van der Waals surface area contributed by atoms with Gasteiger partial charge in [-0.25, -0.2) is 4.98 Å². The van der Waals surface area contributed by atoms with Crippen LogP contribution in [0, 0.1) is 0 Å². The highest BCUT2D eigenvalue weighted by molar-refractivity contribution is 5.80. The Balaban J connectivity index is 1.92. The summed E-state index contributed by atoms with van der Waals surface area (Å²) < 4.78 is 6.18. The molecule has 1 heterocycles. The van der Waals surface area contributed by atoms with Crippen LogP contribution in [0.15, 0.2) is 35.3 Å². The van der Waals surface area contributed by atoms with Crippen molar-refractivity contribution in [3.63, 3.8) is 0 Å². The van der Waals surface area contributed by atoms with Gasteiger partial charge < -0.3 is 10.1 Å². The van der Waals surface area contributed by atoms with Gasteiger partial charge in [0, 0.05) is 13.0 Å². The van der Waals surface area contributed by atoms with Crippen molar-refractivity contribution in [2.24, 2.45) is 0 Å². The van der Waals surface area contributed by atoms with E-state index >= 15 is 0 Å². The molecule has 0 saturated carbocycles. The van der Waals surface area contributed by atoms with Gasteiger partial charge in [0.05, 0.1) is 23.8 Å². The van der Waals surface area contributed by atoms with Gasteiger partial charge in [0.2, 0.25) is 5.91 Å². The first-order chi connectivity index (χ1) is 11.1. The van der Waals surface area contributed by atoms with Crippen molar-refractivity contribution in [2.45, 2.75) is 26.3 Å². The van der Waals surface area contributed by atoms with E-state index in [4.69, 9.17) is 4.74 Å². The number of hydrogen-bond donors (Lipinski definition) is 1. The molecule has 23 heavy (non-hydrogen) atoms. The second-order valence-corrected chi connectivity index (χ2v) is 4.93. The number of amides is 1. The van der Waals surface area contributed by atoms with Crippen LogP contribution in [0.4, 0.5) is 0 Å². The summed E-state index contributed by atoms with van der Waals surface area (Å²) in [5.41, 5.74) is 0.939. The molecule has 0 unspecified atom stereocenters. The fraction of sp³-hybridized carbons (Fsp3) is 0.375. The van der Waals surface area contributed by atoms with Gasteiger partial charge in [-0.3, -0.25) is 19.0 Å². The van der Waals surface area contributed by atoms with Crippen LogP contribution >= 0.6 is 0 Å². The summed E-state index contributed by atoms with van der Waals surface area (Å²) in [6.45, 7) is 2.37. The van der Waals surface area contributed by atoms with E-state index in [0.29, 0.717) is 30.6 Å². The third-order valence-electron chi connectivity index (χ3n) is 3.24. The van der Waals surface area contributed by atoms with Crippen molar-refractivity contribution in [3.05, 3.63) is 40.8 Å². The molecule has 2 rings (SSSR count). The van der Waals surface area contributed by atoms with E-state index in [1.165, 1.54) is 10.8 Å². The average molecular weight is 317 g/mol. The van der Waals surface area contributed by atoms with Gasteiger partial charge in [0.25, 0.3) is 5.56 Å². The zero-order chi connectivity index (χ0) is 16.7. The molecule has 0 spiro atoms. The normalized spacial score (nSPS) is 10.5. The molecule has 7 nitrogen and oxygen atoms in total. The lowest BCUT2D eigenvalue weighted by Gasteiger charge is -2.10. The fourth-order valence-corrected chi connectivity index (χ4v) is 2.17. The number of para-hydroxylation sites is 2. The van der Waals surface area contributed by atoms with E-state index < -0.39 is 0 Å². The largest absolute Gasteiger partial charge is 0.466 e. The summed E-state index contributed by atoms with van der Waals surface area (Å²) >= 11 is 0. The maximum atomic E-state index is 12.0. The first kappa shape index (κ1) is 16.7. The highest BCUT2D eigenvalue weighted by atomic mass is 16.5. The molecule has 0 atom stereocenters. The van der Waals surface area contributed by atoms with Gasteiger partial charge in [-0.15, -0.1) is 0 Å². The number of fused-ring (bicyclic) bond motifs is 1. The molecule has 1 aromatic carbocycles. The Kier molecular flexibility index (Phi) is 5.85. The zero-order valence-electron chi connectivity index (χ0n) is 12.9. The molecule has 0 radical (unpaired) electrons. The number of rotatable bonds is 7. The van der Waals surface area contributed by atoms with Gasteiger partial charge in [0.1, 0.15) is 6.54 Å². The number of carbonyl (C=O) groups is 2. The third kappa shape index (κ3) is 4.64. The molecule has 2 aromatic rings. The Bertz CT molecular complexity index is 754. The van der Waals surface area contributed by atoms with Gasteiger partial charge in [0.15, 0.2) is 0 Å². The smallest absolute Gasteiger partial charge is 0.305 e. The zero-order valence-corrected chi connectivity index (χ0v) is 12.9. The van der Waals surface area contributed by atoms with Crippen LogP contribution in [0.2, 0.25) is 0 Å². The summed E-state index contributed by atoms with van der Waals surface area (Å²) in [4.78, 5) is 39.1. The van der Waals surface area contributed by atoms with E-state index in [2.05, 4.69) is 10.3 Å². The van der Waals surface area contributed by atoms with Crippen molar-refractivity contribution in [1.82, 2.24) is 14.9 Å². The van der Waals surface area contributed by atoms with Crippen LogP contribution in [0.25, 0.3) is 11.0 Å². The van der Waals surface area contributed by atoms with Crippen LogP contribution < -0.4 is 10.9 Å². The van der Waals surface area contributed by atoms with Gasteiger partial charge in [-0.2, -0.15) is 0 Å². The molecule has 7 heteroatoms. The van der Waals surface area contributed by atoms with Crippen LogP contribution in [0.5, 0.6) is 0 Å². The number of benzene rings is 1. The molecule has 0 aliphatic rings. The Hall–Kier alpha value is -2.70. The summed E-state index contributed by atoms with van der Waals surface area (Å²) in [5, 5.41) is 2.69. The predicted octanol–water partition coefficient (Wildman–Crippen LogP) is 0.856. The number of aromatic nitrogens is 2. The Morgan fingerprint density at radius 3 is 2.87 bits per heavy atom. The van der Waals surface area contributed by atoms with E-state index in [0.717, 1.165) is 0 Å². The predicted molar refractivity (Wildman–Crippen MR) is 84.9 cm³/mol. The highest BCUT2D eigenvalue weighted by Crippen LogP contribution is 2.07. The monoisotopic (exact) mass is 317 g/mol. The fourth-order valence-electron chi connectivity index (χ4n) is 2.17. The quantitative estimate of drug-likeness (QED) is 0.604. The van der Waals surface area contributed by atoms with Crippen LogP contribution in [-0.2, 0) is 20.9 Å². The molecule has 1 N–H and O–H groups in total. The first-order valence-electron chi connectivity index (χ1n) is 7.48. The Morgan fingerprint density at radius 1 is 1.30 bits per heavy atom. The summed E-state index contributed by atoms with van der Waals surface area (Å²) in [6, 6.07) is 7.14. The molecule has 1 amide bonds. The lowest BCUT2D eigenvalue weighted by Crippen LogP contribution is -2.33. The minimum Gasteiger partial charge on any atom is -0.466 e. The van der Waals surface area contributed by atoms with Crippen LogP contribution in [0.1, 0.15) is 19.8 Å². The first-order valence-corrected chi connectivity index (χ1v) is 7.48. The highest BCUT2D eigenvalue weighted by Gasteiger charge is 2.09. The maximum Gasteiger partial charge on any atom is 0.305 e. The minimum absolute atomic E-state index is 0.0821. The molecule has 0 fully saturated rings. The van der Waals surface area contributed by atoms with Crippen molar-refractivity contribution in [1.29, 1.82) is 0 Å². The van der Waals surface area contributed by atoms with Gasteiger partial charge >= 0.3 is 5.97 Å². The maximum absolute atomic E-state index is 12.0. The van der Waals surface area contributed by atoms with E-state index in [1.807, 2.05) is 6.07 Å². The number of esters is 1. The second kappa shape index (κ2) is 8.07. The average Bonchev–Trinajstić information content (AvgIpc) is 2.54. The van der Waals surface area contributed by atoms with Crippen molar-refractivity contribution in [2.75, 3.05) is 13.2 Å². The Labute approximate surface area is 133 Å². The number of carbonyl (C=O) groups excluding carboxylic acids is 2. The number of nitrogens with one attached hydrogen (secondary N) is 1.